The smallest absolute Gasteiger partial charge is 0.314 e. The highest BCUT2D eigenvalue weighted by Gasteiger charge is 2.47. The average molecular weight is 293 g/mol. The highest BCUT2D eigenvalue weighted by molar-refractivity contribution is 9.09. The van der Waals surface area contributed by atoms with Crippen LogP contribution in [0.5, 0.6) is 0 Å². The van der Waals surface area contributed by atoms with E-state index in [9.17, 15) is 9.90 Å². The van der Waals surface area contributed by atoms with Crippen molar-refractivity contribution in [2.45, 2.75) is 51.6 Å². The summed E-state index contributed by atoms with van der Waals surface area (Å²) < 4.78 is 5.26. The Morgan fingerprint density at radius 1 is 1.50 bits per heavy atom. The van der Waals surface area contributed by atoms with Crippen LogP contribution in [0.15, 0.2) is 0 Å². The number of alkyl halides is 1. The Balaban J connectivity index is 2.58. The van der Waals surface area contributed by atoms with Gasteiger partial charge in [0.2, 0.25) is 0 Å². The van der Waals surface area contributed by atoms with Gasteiger partial charge in [0.05, 0.1) is 18.1 Å². The molecule has 0 heterocycles. The zero-order valence-electron chi connectivity index (χ0n) is 9.88. The van der Waals surface area contributed by atoms with Crippen LogP contribution in [-0.2, 0) is 9.53 Å². The van der Waals surface area contributed by atoms with Crippen molar-refractivity contribution in [2.75, 3.05) is 11.9 Å². The molecule has 4 heteroatoms. The van der Waals surface area contributed by atoms with Crippen LogP contribution in [-0.4, -0.2) is 29.1 Å². The molecule has 1 aliphatic rings. The van der Waals surface area contributed by atoms with Gasteiger partial charge in [0.15, 0.2) is 0 Å². The molecule has 1 aliphatic carbocycles. The van der Waals surface area contributed by atoms with E-state index in [1.165, 1.54) is 0 Å². The van der Waals surface area contributed by atoms with Gasteiger partial charge in [-0.2, -0.15) is 0 Å². The standard InChI is InChI=1S/C12H21BrO3/c1-2-10(14)12(6-3-4-7-12)11(15)16-9-5-8-13/h10,14H,2-9H2,1H3. The number of carbonyl (C=O) groups excluding carboxylic acids is 1. The van der Waals surface area contributed by atoms with Gasteiger partial charge < -0.3 is 9.84 Å². The summed E-state index contributed by atoms with van der Waals surface area (Å²) >= 11 is 3.30. The van der Waals surface area contributed by atoms with Crippen LogP contribution >= 0.6 is 15.9 Å². The molecule has 1 unspecified atom stereocenters. The van der Waals surface area contributed by atoms with Crippen molar-refractivity contribution in [3.63, 3.8) is 0 Å². The summed E-state index contributed by atoms with van der Waals surface area (Å²) in [7, 11) is 0. The van der Waals surface area contributed by atoms with Gasteiger partial charge in [0.1, 0.15) is 0 Å². The number of aliphatic hydroxyl groups excluding tert-OH is 1. The summed E-state index contributed by atoms with van der Waals surface area (Å²) in [5.74, 6) is -0.194. The van der Waals surface area contributed by atoms with Crippen molar-refractivity contribution in [2.24, 2.45) is 5.41 Å². The minimum atomic E-state index is -0.610. The summed E-state index contributed by atoms with van der Waals surface area (Å²) in [6.45, 7) is 2.36. The molecule has 1 saturated carbocycles. The van der Waals surface area contributed by atoms with Crippen molar-refractivity contribution in [3.05, 3.63) is 0 Å². The van der Waals surface area contributed by atoms with Crippen LogP contribution in [0.3, 0.4) is 0 Å². The number of carbonyl (C=O) groups is 1. The molecule has 0 bridgehead atoms. The average Bonchev–Trinajstić information content (AvgIpc) is 2.78. The second-order valence-electron chi connectivity index (χ2n) is 4.47. The number of hydrogen-bond acceptors (Lipinski definition) is 3. The highest BCUT2D eigenvalue weighted by atomic mass is 79.9. The fourth-order valence-corrected chi connectivity index (χ4v) is 2.66. The second kappa shape index (κ2) is 6.60. The Morgan fingerprint density at radius 2 is 2.12 bits per heavy atom. The predicted octanol–water partition coefficient (Wildman–Crippen LogP) is 2.65. The summed E-state index contributed by atoms with van der Waals surface area (Å²) in [4.78, 5) is 12.0. The maximum atomic E-state index is 12.0. The Hall–Kier alpha value is -0.0900. The van der Waals surface area contributed by atoms with E-state index in [-0.39, 0.29) is 5.97 Å². The van der Waals surface area contributed by atoms with Gasteiger partial charge in [0, 0.05) is 5.33 Å². The number of rotatable bonds is 6. The van der Waals surface area contributed by atoms with Crippen LogP contribution in [0, 0.1) is 5.41 Å². The largest absolute Gasteiger partial charge is 0.465 e. The number of esters is 1. The fourth-order valence-electron chi connectivity index (χ4n) is 2.43. The molecule has 0 aromatic carbocycles. The molecule has 16 heavy (non-hydrogen) atoms. The van der Waals surface area contributed by atoms with Gasteiger partial charge in [-0.3, -0.25) is 4.79 Å². The van der Waals surface area contributed by atoms with Crippen LogP contribution in [0.25, 0.3) is 0 Å². The van der Waals surface area contributed by atoms with Crippen LogP contribution in [0.4, 0.5) is 0 Å². The Bertz CT molecular complexity index is 224. The molecule has 1 atom stereocenters. The summed E-state index contributed by atoms with van der Waals surface area (Å²) in [6, 6.07) is 0. The van der Waals surface area contributed by atoms with Gasteiger partial charge in [-0.25, -0.2) is 0 Å². The monoisotopic (exact) mass is 292 g/mol. The SMILES string of the molecule is CCC(O)C1(C(=O)OCCCBr)CCCC1. The van der Waals surface area contributed by atoms with Crippen LogP contribution in [0.1, 0.15) is 45.4 Å². The second-order valence-corrected chi connectivity index (χ2v) is 5.26. The van der Waals surface area contributed by atoms with E-state index in [0.717, 1.165) is 37.4 Å². The van der Waals surface area contributed by atoms with Gasteiger partial charge in [-0.05, 0) is 25.7 Å². The summed E-state index contributed by atoms with van der Waals surface area (Å²) in [5.41, 5.74) is -0.610. The molecule has 0 radical (unpaired) electrons. The third-order valence-corrected chi connectivity index (χ3v) is 4.00. The molecular formula is C12H21BrO3. The van der Waals surface area contributed by atoms with Gasteiger partial charge in [-0.15, -0.1) is 0 Å². The van der Waals surface area contributed by atoms with E-state index in [2.05, 4.69) is 15.9 Å². The number of aliphatic hydroxyl groups is 1. The van der Waals surface area contributed by atoms with E-state index >= 15 is 0 Å². The molecule has 0 amide bonds. The quantitative estimate of drug-likeness (QED) is 0.465. The first-order valence-electron chi connectivity index (χ1n) is 6.08. The van der Waals surface area contributed by atoms with E-state index < -0.39 is 11.5 Å². The highest BCUT2D eigenvalue weighted by Crippen LogP contribution is 2.43. The Morgan fingerprint density at radius 3 is 2.62 bits per heavy atom. The number of halogens is 1. The minimum Gasteiger partial charge on any atom is -0.465 e. The van der Waals surface area contributed by atoms with E-state index in [1.54, 1.807) is 0 Å². The zero-order chi connectivity index (χ0) is 12.0. The number of hydrogen-bond donors (Lipinski definition) is 1. The topological polar surface area (TPSA) is 46.5 Å². The molecule has 3 nitrogen and oxygen atoms in total. The lowest BCUT2D eigenvalue weighted by Crippen LogP contribution is -2.41. The molecule has 94 valence electrons. The minimum absolute atomic E-state index is 0.194. The van der Waals surface area contributed by atoms with Crippen molar-refractivity contribution < 1.29 is 14.6 Å². The van der Waals surface area contributed by atoms with Gasteiger partial charge in [-0.1, -0.05) is 35.7 Å². The maximum Gasteiger partial charge on any atom is 0.314 e. The van der Waals surface area contributed by atoms with E-state index in [1.807, 2.05) is 6.92 Å². The molecule has 1 fully saturated rings. The van der Waals surface area contributed by atoms with E-state index in [4.69, 9.17) is 4.74 Å². The Kier molecular flexibility index (Phi) is 5.76. The molecule has 0 aromatic rings. The predicted molar refractivity (Wildman–Crippen MR) is 66.6 cm³/mol. The van der Waals surface area contributed by atoms with Gasteiger partial charge >= 0.3 is 5.97 Å². The third kappa shape index (κ3) is 2.98. The molecule has 0 aromatic heterocycles. The van der Waals surface area contributed by atoms with Crippen LogP contribution in [0.2, 0.25) is 0 Å². The Labute approximate surface area is 106 Å². The normalized spacial score (nSPS) is 20.7. The lowest BCUT2D eigenvalue weighted by molar-refractivity contribution is -0.163. The van der Waals surface area contributed by atoms with E-state index in [0.29, 0.717) is 13.0 Å². The first-order valence-corrected chi connectivity index (χ1v) is 7.20. The van der Waals surface area contributed by atoms with Gasteiger partial charge in [0.25, 0.3) is 0 Å². The van der Waals surface area contributed by atoms with Crippen molar-refractivity contribution >= 4 is 21.9 Å². The molecule has 0 aliphatic heterocycles. The first kappa shape index (κ1) is 14.0. The lowest BCUT2D eigenvalue weighted by atomic mass is 9.79. The molecule has 0 saturated heterocycles. The fraction of sp³-hybridized carbons (Fsp3) is 0.917. The summed E-state index contributed by atoms with van der Waals surface area (Å²) in [5, 5.41) is 10.9. The third-order valence-electron chi connectivity index (χ3n) is 3.44. The summed E-state index contributed by atoms with van der Waals surface area (Å²) in [6.07, 6.45) is 4.48. The maximum absolute atomic E-state index is 12.0. The molecular weight excluding hydrogens is 272 g/mol. The van der Waals surface area contributed by atoms with Crippen LogP contribution < -0.4 is 0 Å². The zero-order valence-corrected chi connectivity index (χ0v) is 11.5. The van der Waals surface area contributed by atoms with Crippen molar-refractivity contribution in [1.82, 2.24) is 0 Å². The number of ether oxygens (including phenoxy) is 1. The van der Waals surface area contributed by atoms with Crippen molar-refractivity contribution in [1.29, 1.82) is 0 Å². The molecule has 1 rings (SSSR count). The first-order chi connectivity index (χ1) is 7.67. The van der Waals surface area contributed by atoms with Crippen molar-refractivity contribution in [3.8, 4) is 0 Å². The molecule has 0 spiro atoms. The molecule has 1 N–H and O–H groups in total. The lowest BCUT2D eigenvalue weighted by Gasteiger charge is -2.31.